The molecule has 1 aromatic heterocycles. The van der Waals surface area contributed by atoms with Crippen LogP contribution in [-0.4, -0.2) is 5.91 Å². The van der Waals surface area contributed by atoms with Crippen LogP contribution in [-0.2, 0) is 11.3 Å². The summed E-state index contributed by atoms with van der Waals surface area (Å²) in [4.78, 5) is 12.4. The molecule has 4 nitrogen and oxygen atoms in total. The van der Waals surface area contributed by atoms with Gasteiger partial charge in [0, 0.05) is 22.7 Å². The Hall–Kier alpha value is -1.72. The molecule has 4 N–H and O–H groups in total. The Labute approximate surface area is 126 Å². The molecule has 0 saturated carbocycles. The van der Waals surface area contributed by atoms with Crippen molar-refractivity contribution in [2.24, 2.45) is 0 Å². The highest BCUT2D eigenvalue weighted by Crippen LogP contribution is 2.27. The van der Waals surface area contributed by atoms with Crippen LogP contribution in [0.1, 0.15) is 18.2 Å². The van der Waals surface area contributed by atoms with Gasteiger partial charge in [0.05, 0.1) is 17.3 Å². The average Bonchev–Trinajstić information content (AvgIpc) is 2.84. The number of anilines is 3. The number of hydrogen-bond donors (Lipinski definition) is 3. The fraction of sp³-hybridized carbons (Fsp3) is 0.214. The third-order valence-electron chi connectivity index (χ3n) is 2.79. The molecule has 2 aromatic rings. The topological polar surface area (TPSA) is 67.2 Å². The Kier molecular flexibility index (Phi) is 4.87. The van der Waals surface area contributed by atoms with E-state index < -0.39 is 0 Å². The number of carbonyl (C=O) groups excluding carboxylic acids is 1. The molecule has 0 atom stereocenters. The van der Waals surface area contributed by atoms with Gasteiger partial charge in [0.1, 0.15) is 0 Å². The standard InChI is InChI=1S/C14H16ClN3OS/c1-2-14(19)18-9-3-4-10(15)12(7-9)17-8-13-11(16)5-6-20-13/h3-7,17H,2,8,16H2,1H3,(H,18,19). The van der Waals surface area contributed by atoms with Crippen molar-refractivity contribution in [1.29, 1.82) is 0 Å². The lowest BCUT2D eigenvalue weighted by Gasteiger charge is -2.11. The molecular weight excluding hydrogens is 294 g/mol. The van der Waals surface area contributed by atoms with E-state index in [2.05, 4.69) is 10.6 Å². The second-order valence-electron chi connectivity index (χ2n) is 4.25. The van der Waals surface area contributed by atoms with Gasteiger partial charge in [-0.25, -0.2) is 0 Å². The van der Waals surface area contributed by atoms with Crippen molar-refractivity contribution >= 4 is 45.9 Å². The predicted octanol–water partition coefficient (Wildman–Crippen LogP) is 3.94. The summed E-state index contributed by atoms with van der Waals surface area (Å²) in [5, 5.41) is 8.60. The fourth-order valence-electron chi connectivity index (χ4n) is 1.66. The van der Waals surface area contributed by atoms with Gasteiger partial charge in [-0.2, -0.15) is 0 Å². The zero-order valence-electron chi connectivity index (χ0n) is 11.1. The average molecular weight is 310 g/mol. The van der Waals surface area contributed by atoms with Crippen molar-refractivity contribution in [2.45, 2.75) is 19.9 Å². The van der Waals surface area contributed by atoms with E-state index in [1.807, 2.05) is 24.4 Å². The van der Waals surface area contributed by atoms with E-state index in [0.717, 1.165) is 21.9 Å². The smallest absolute Gasteiger partial charge is 0.224 e. The van der Waals surface area contributed by atoms with Gasteiger partial charge in [0.25, 0.3) is 0 Å². The summed E-state index contributed by atoms with van der Waals surface area (Å²) >= 11 is 7.74. The lowest BCUT2D eigenvalue weighted by atomic mass is 10.2. The number of rotatable bonds is 5. The molecule has 6 heteroatoms. The third kappa shape index (κ3) is 3.65. The van der Waals surface area contributed by atoms with Crippen LogP contribution in [0, 0.1) is 0 Å². The van der Waals surface area contributed by atoms with Crippen molar-refractivity contribution in [3.05, 3.63) is 39.5 Å². The van der Waals surface area contributed by atoms with E-state index >= 15 is 0 Å². The molecule has 0 spiro atoms. The number of thiophene rings is 1. The highest BCUT2D eigenvalue weighted by molar-refractivity contribution is 7.10. The number of amides is 1. The zero-order chi connectivity index (χ0) is 14.5. The number of carbonyl (C=O) groups is 1. The molecule has 0 bridgehead atoms. The molecule has 20 heavy (non-hydrogen) atoms. The summed E-state index contributed by atoms with van der Waals surface area (Å²) in [6.07, 6.45) is 0.442. The molecule has 1 heterocycles. The minimum atomic E-state index is -0.0271. The first-order valence-electron chi connectivity index (χ1n) is 6.25. The van der Waals surface area contributed by atoms with E-state index in [4.69, 9.17) is 17.3 Å². The van der Waals surface area contributed by atoms with Crippen LogP contribution in [0.15, 0.2) is 29.6 Å². The van der Waals surface area contributed by atoms with E-state index in [9.17, 15) is 4.79 Å². The van der Waals surface area contributed by atoms with E-state index in [0.29, 0.717) is 18.0 Å². The number of halogens is 1. The summed E-state index contributed by atoms with van der Waals surface area (Å²) in [5.74, 6) is -0.0271. The lowest BCUT2D eigenvalue weighted by molar-refractivity contribution is -0.115. The Bertz CT molecular complexity index is 612. The summed E-state index contributed by atoms with van der Waals surface area (Å²) in [5.41, 5.74) is 8.11. The summed E-state index contributed by atoms with van der Waals surface area (Å²) in [7, 11) is 0. The molecule has 0 aliphatic rings. The first kappa shape index (κ1) is 14.7. The highest BCUT2D eigenvalue weighted by atomic mass is 35.5. The third-order valence-corrected chi connectivity index (χ3v) is 4.06. The lowest BCUT2D eigenvalue weighted by Crippen LogP contribution is -2.09. The van der Waals surface area contributed by atoms with Crippen LogP contribution in [0.5, 0.6) is 0 Å². The minimum absolute atomic E-state index is 0.0271. The number of nitrogens with two attached hydrogens (primary N) is 1. The van der Waals surface area contributed by atoms with Crippen LogP contribution >= 0.6 is 22.9 Å². The number of nitrogens with one attached hydrogen (secondary N) is 2. The van der Waals surface area contributed by atoms with Crippen molar-refractivity contribution in [3.63, 3.8) is 0 Å². The normalized spacial score (nSPS) is 10.3. The monoisotopic (exact) mass is 309 g/mol. The van der Waals surface area contributed by atoms with Gasteiger partial charge in [0.15, 0.2) is 0 Å². The number of hydrogen-bond acceptors (Lipinski definition) is 4. The molecule has 1 aromatic carbocycles. The van der Waals surface area contributed by atoms with Gasteiger partial charge in [-0.05, 0) is 29.6 Å². The molecular formula is C14H16ClN3OS. The van der Waals surface area contributed by atoms with Gasteiger partial charge < -0.3 is 16.4 Å². The molecule has 0 unspecified atom stereocenters. The summed E-state index contributed by atoms with van der Waals surface area (Å²) < 4.78 is 0. The Morgan fingerprint density at radius 3 is 2.85 bits per heavy atom. The van der Waals surface area contributed by atoms with E-state index in [1.165, 1.54) is 0 Å². The predicted molar refractivity (Wildman–Crippen MR) is 86.4 cm³/mol. The van der Waals surface area contributed by atoms with Gasteiger partial charge in [-0.1, -0.05) is 18.5 Å². The van der Waals surface area contributed by atoms with E-state index in [1.54, 1.807) is 23.5 Å². The minimum Gasteiger partial charge on any atom is -0.398 e. The first-order chi connectivity index (χ1) is 9.60. The van der Waals surface area contributed by atoms with E-state index in [-0.39, 0.29) is 5.91 Å². The quantitative estimate of drug-likeness (QED) is 0.783. The summed E-state index contributed by atoms with van der Waals surface area (Å²) in [6.45, 7) is 2.42. The zero-order valence-corrected chi connectivity index (χ0v) is 12.6. The number of benzene rings is 1. The Balaban J connectivity index is 2.08. The SMILES string of the molecule is CCC(=O)Nc1ccc(Cl)c(NCc2sccc2N)c1. The van der Waals surface area contributed by atoms with Gasteiger partial charge >= 0.3 is 0 Å². The molecule has 106 valence electrons. The van der Waals surface area contributed by atoms with Crippen molar-refractivity contribution < 1.29 is 4.79 Å². The molecule has 0 saturated heterocycles. The highest BCUT2D eigenvalue weighted by Gasteiger charge is 2.06. The molecule has 0 aliphatic heterocycles. The van der Waals surface area contributed by atoms with Crippen molar-refractivity contribution in [1.82, 2.24) is 0 Å². The first-order valence-corrected chi connectivity index (χ1v) is 7.51. The number of nitrogen functional groups attached to an aromatic ring is 1. The van der Waals surface area contributed by atoms with Gasteiger partial charge in [-0.15, -0.1) is 11.3 Å². The maximum Gasteiger partial charge on any atom is 0.224 e. The van der Waals surface area contributed by atoms with Crippen molar-refractivity contribution in [3.8, 4) is 0 Å². The van der Waals surface area contributed by atoms with Crippen LogP contribution in [0.3, 0.4) is 0 Å². The van der Waals surface area contributed by atoms with Gasteiger partial charge in [-0.3, -0.25) is 4.79 Å². The second kappa shape index (κ2) is 6.63. The largest absolute Gasteiger partial charge is 0.398 e. The van der Waals surface area contributed by atoms with Crippen molar-refractivity contribution in [2.75, 3.05) is 16.4 Å². The Morgan fingerprint density at radius 1 is 1.40 bits per heavy atom. The molecule has 0 aliphatic carbocycles. The molecule has 2 rings (SSSR count). The van der Waals surface area contributed by atoms with Crippen LogP contribution in [0.4, 0.5) is 17.1 Å². The Morgan fingerprint density at radius 2 is 2.20 bits per heavy atom. The molecule has 0 radical (unpaired) electrons. The van der Waals surface area contributed by atoms with Crippen LogP contribution in [0.25, 0.3) is 0 Å². The van der Waals surface area contributed by atoms with Crippen LogP contribution in [0.2, 0.25) is 5.02 Å². The fourth-order valence-corrected chi connectivity index (χ4v) is 2.58. The van der Waals surface area contributed by atoms with Gasteiger partial charge in [0.2, 0.25) is 5.91 Å². The second-order valence-corrected chi connectivity index (χ2v) is 5.66. The molecule has 1 amide bonds. The maximum atomic E-state index is 11.4. The maximum absolute atomic E-state index is 11.4. The summed E-state index contributed by atoms with van der Waals surface area (Å²) in [6, 6.07) is 7.23. The molecule has 0 fully saturated rings. The van der Waals surface area contributed by atoms with Crippen LogP contribution < -0.4 is 16.4 Å².